The van der Waals surface area contributed by atoms with Crippen molar-refractivity contribution >= 4 is 17.9 Å². The van der Waals surface area contributed by atoms with E-state index in [9.17, 15) is 14.4 Å². The Bertz CT molecular complexity index is 1010. The van der Waals surface area contributed by atoms with E-state index in [-0.39, 0.29) is 0 Å². The normalized spacial score (nSPS) is 32.7. The second-order valence-electron chi connectivity index (χ2n) is 7.78. The van der Waals surface area contributed by atoms with Gasteiger partial charge in [0.2, 0.25) is 0 Å². The fourth-order valence-electron chi connectivity index (χ4n) is 4.56. The molecule has 0 spiro atoms. The van der Waals surface area contributed by atoms with Crippen molar-refractivity contribution in [2.24, 2.45) is 11.3 Å². The number of benzene rings is 1. The smallest absolute Gasteiger partial charge is 0.338 e. The molecule has 1 unspecified atom stereocenters. The molecular weight excluding hydrogens is 376 g/mol. The van der Waals surface area contributed by atoms with E-state index in [0.29, 0.717) is 23.1 Å². The van der Waals surface area contributed by atoms with Crippen LogP contribution in [0.3, 0.4) is 0 Å². The van der Waals surface area contributed by atoms with Crippen LogP contribution in [0, 0.1) is 11.3 Å². The highest BCUT2D eigenvalue weighted by atomic mass is 16.6. The van der Waals surface area contributed by atoms with E-state index in [1.807, 2.05) is 0 Å². The van der Waals surface area contributed by atoms with Crippen LogP contribution in [-0.2, 0) is 23.8 Å². The molecule has 148 valence electrons. The lowest BCUT2D eigenvalue weighted by atomic mass is 9.63. The minimum absolute atomic E-state index is 0.320. The van der Waals surface area contributed by atoms with Gasteiger partial charge in [0.15, 0.2) is 12.2 Å². The number of hydrogen-bond acceptors (Lipinski definition) is 7. The van der Waals surface area contributed by atoms with Gasteiger partial charge in [-0.2, -0.15) is 0 Å². The second kappa shape index (κ2) is 6.34. The first-order valence-electron chi connectivity index (χ1n) is 9.39. The molecule has 2 aromatic rings. The molecule has 2 fully saturated rings. The third kappa shape index (κ3) is 2.68. The third-order valence-corrected chi connectivity index (χ3v) is 5.96. The predicted octanol–water partition coefficient (Wildman–Crippen LogP) is 2.98. The summed E-state index contributed by atoms with van der Waals surface area (Å²) in [4.78, 5) is 38.3. The van der Waals surface area contributed by atoms with Gasteiger partial charge in [-0.1, -0.05) is 18.2 Å². The fraction of sp³-hybridized carbons (Fsp3) is 0.318. The van der Waals surface area contributed by atoms with Gasteiger partial charge in [-0.3, -0.25) is 4.79 Å². The number of cyclic esters (lactones) is 1. The van der Waals surface area contributed by atoms with Crippen LogP contribution in [0.15, 0.2) is 65.0 Å². The van der Waals surface area contributed by atoms with E-state index in [0.717, 1.165) is 0 Å². The van der Waals surface area contributed by atoms with Crippen LogP contribution in [0.1, 0.15) is 35.4 Å². The van der Waals surface area contributed by atoms with Crippen LogP contribution in [0.5, 0.6) is 0 Å². The topological polar surface area (TPSA) is 92.0 Å². The fourth-order valence-corrected chi connectivity index (χ4v) is 4.56. The molecule has 0 saturated carbocycles. The Hall–Kier alpha value is -3.35. The summed E-state index contributed by atoms with van der Waals surface area (Å²) in [5.41, 5.74) is 0.256. The molecule has 2 bridgehead atoms. The number of carbonyl (C=O) groups is 3. The zero-order valence-electron chi connectivity index (χ0n) is 15.6. The van der Waals surface area contributed by atoms with Gasteiger partial charge in [-0.25, -0.2) is 9.59 Å². The Morgan fingerprint density at radius 3 is 2.66 bits per heavy atom. The van der Waals surface area contributed by atoms with E-state index in [1.165, 1.54) is 12.5 Å². The first-order chi connectivity index (χ1) is 14.0. The van der Waals surface area contributed by atoms with Crippen molar-refractivity contribution in [1.29, 1.82) is 0 Å². The lowest BCUT2D eigenvalue weighted by Crippen LogP contribution is -2.52. The number of ether oxygens (including phenoxy) is 3. The van der Waals surface area contributed by atoms with E-state index < -0.39 is 47.6 Å². The molecule has 1 aromatic heterocycles. The van der Waals surface area contributed by atoms with E-state index >= 15 is 0 Å². The van der Waals surface area contributed by atoms with Gasteiger partial charge in [0.25, 0.3) is 0 Å². The van der Waals surface area contributed by atoms with Crippen LogP contribution in [-0.4, -0.2) is 30.1 Å². The van der Waals surface area contributed by atoms with E-state index in [2.05, 4.69) is 0 Å². The molecular formula is C22H18O7. The quantitative estimate of drug-likeness (QED) is 0.584. The van der Waals surface area contributed by atoms with Crippen molar-refractivity contribution in [2.75, 3.05) is 0 Å². The summed E-state index contributed by atoms with van der Waals surface area (Å²) >= 11 is 0. The molecule has 5 rings (SSSR count). The molecule has 0 N–H and O–H groups in total. The number of hydrogen-bond donors (Lipinski definition) is 0. The largest absolute Gasteiger partial charge is 0.472 e. The maximum absolute atomic E-state index is 12.9. The number of furan rings is 1. The van der Waals surface area contributed by atoms with Crippen LogP contribution < -0.4 is 0 Å². The molecule has 7 nitrogen and oxygen atoms in total. The Morgan fingerprint density at radius 2 is 1.93 bits per heavy atom. The number of esters is 3. The van der Waals surface area contributed by atoms with E-state index in [4.69, 9.17) is 18.6 Å². The van der Waals surface area contributed by atoms with Gasteiger partial charge in [0.1, 0.15) is 6.10 Å². The standard InChI is InChI=1S/C22H18O7/c1-22-10-14(27-21(22)25)9-15-16(22)18(29-19(23)12-5-3-2-4-6-12)17(28-20(15)24)13-7-8-26-11-13/h2-9,11,14,16-18H,10H2,1H3/t14-,16?,17+,18-,22-/m0/s1. The minimum Gasteiger partial charge on any atom is -0.472 e. The van der Waals surface area contributed by atoms with Crippen LogP contribution in [0.4, 0.5) is 0 Å². The van der Waals surface area contributed by atoms with Gasteiger partial charge in [-0.05, 0) is 31.2 Å². The summed E-state index contributed by atoms with van der Waals surface area (Å²) in [7, 11) is 0. The summed E-state index contributed by atoms with van der Waals surface area (Å²) in [6, 6.07) is 10.2. The lowest BCUT2D eigenvalue weighted by molar-refractivity contribution is -0.171. The summed E-state index contributed by atoms with van der Waals surface area (Å²) in [5, 5.41) is 0. The molecule has 2 saturated heterocycles. The van der Waals surface area contributed by atoms with Gasteiger partial charge in [-0.15, -0.1) is 0 Å². The SMILES string of the molecule is C[C@]12C[C@H](C=C3C(=O)O[C@H](c4ccoc4)[C@@H](OC(=O)c4ccccc4)C31)OC2=O. The average Bonchev–Trinajstić information content (AvgIpc) is 3.32. The molecule has 1 aromatic carbocycles. The highest BCUT2D eigenvalue weighted by molar-refractivity contribution is 5.95. The lowest BCUT2D eigenvalue weighted by Gasteiger charge is -2.44. The third-order valence-electron chi connectivity index (χ3n) is 5.96. The van der Waals surface area contributed by atoms with Crippen molar-refractivity contribution in [2.45, 2.75) is 31.7 Å². The van der Waals surface area contributed by atoms with Crippen molar-refractivity contribution in [3.05, 3.63) is 71.7 Å². The molecule has 0 amide bonds. The molecule has 3 heterocycles. The maximum atomic E-state index is 12.9. The zero-order chi connectivity index (χ0) is 20.2. The predicted molar refractivity (Wildman–Crippen MR) is 97.4 cm³/mol. The highest BCUT2D eigenvalue weighted by Gasteiger charge is 2.63. The Labute approximate surface area is 166 Å². The molecule has 0 radical (unpaired) electrons. The zero-order valence-corrected chi connectivity index (χ0v) is 15.6. The van der Waals surface area contributed by atoms with Crippen LogP contribution in [0.2, 0.25) is 0 Å². The van der Waals surface area contributed by atoms with Gasteiger partial charge < -0.3 is 18.6 Å². The second-order valence-corrected chi connectivity index (χ2v) is 7.78. The van der Waals surface area contributed by atoms with Crippen molar-refractivity contribution < 1.29 is 33.0 Å². The van der Waals surface area contributed by atoms with Gasteiger partial charge >= 0.3 is 17.9 Å². The van der Waals surface area contributed by atoms with Crippen LogP contribution >= 0.6 is 0 Å². The Balaban J connectivity index is 1.59. The average molecular weight is 394 g/mol. The van der Waals surface area contributed by atoms with Crippen molar-refractivity contribution in [1.82, 2.24) is 0 Å². The molecule has 5 atom stereocenters. The van der Waals surface area contributed by atoms with E-state index in [1.54, 1.807) is 49.4 Å². The van der Waals surface area contributed by atoms with Crippen molar-refractivity contribution in [3.8, 4) is 0 Å². The van der Waals surface area contributed by atoms with Crippen molar-refractivity contribution in [3.63, 3.8) is 0 Å². The monoisotopic (exact) mass is 394 g/mol. The van der Waals surface area contributed by atoms with Crippen LogP contribution in [0.25, 0.3) is 0 Å². The molecule has 3 aliphatic rings. The molecule has 7 heteroatoms. The molecule has 2 aliphatic heterocycles. The first kappa shape index (κ1) is 17.7. The van der Waals surface area contributed by atoms with Gasteiger partial charge in [0, 0.05) is 23.5 Å². The number of carbonyl (C=O) groups excluding carboxylic acids is 3. The summed E-state index contributed by atoms with van der Waals surface area (Å²) in [5.74, 6) is -2.18. The Morgan fingerprint density at radius 1 is 1.14 bits per heavy atom. The highest BCUT2D eigenvalue weighted by Crippen LogP contribution is 2.55. The Kier molecular flexibility index (Phi) is 3.87. The molecule has 29 heavy (non-hydrogen) atoms. The number of rotatable bonds is 3. The van der Waals surface area contributed by atoms with Gasteiger partial charge in [0.05, 0.1) is 23.5 Å². The summed E-state index contributed by atoms with van der Waals surface area (Å²) < 4.78 is 22.1. The molecule has 1 aliphatic carbocycles. The number of fused-ring (bicyclic) bond motifs is 4. The summed E-state index contributed by atoms with van der Waals surface area (Å²) in [6.45, 7) is 1.75. The first-order valence-corrected chi connectivity index (χ1v) is 9.39. The minimum atomic E-state index is -0.988. The summed E-state index contributed by atoms with van der Waals surface area (Å²) in [6.07, 6.45) is 2.67. The maximum Gasteiger partial charge on any atom is 0.338 e.